The summed E-state index contributed by atoms with van der Waals surface area (Å²) in [5, 5.41) is 0. The summed E-state index contributed by atoms with van der Waals surface area (Å²) in [7, 11) is 2.51. The predicted octanol–water partition coefficient (Wildman–Crippen LogP) is 3.92. The van der Waals surface area contributed by atoms with Crippen molar-refractivity contribution in [3.05, 3.63) is 0 Å². The van der Waals surface area contributed by atoms with E-state index in [1.54, 1.807) is 0 Å². The second kappa shape index (κ2) is 5.34. The van der Waals surface area contributed by atoms with Gasteiger partial charge in [-0.25, -0.2) is 0 Å². The van der Waals surface area contributed by atoms with Crippen molar-refractivity contribution < 1.29 is 4.74 Å². The van der Waals surface area contributed by atoms with E-state index in [-0.39, 0.29) is 0 Å². The van der Waals surface area contributed by atoms with Crippen LogP contribution in [0.15, 0.2) is 0 Å². The van der Waals surface area contributed by atoms with E-state index in [9.17, 15) is 0 Å². The monoisotopic (exact) mass is 233 g/mol. The third-order valence-corrected chi connectivity index (χ3v) is 5.49. The second-order valence-electron chi connectivity index (χ2n) is 6.57. The molecule has 0 aromatic carbocycles. The Morgan fingerprint density at radius 2 is 1.88 bits per heavy atom. The second-order valence-corrected chi connectivity index (χ2v) is 6.57. The summed E-state index contributed by atoms with van der Waals surface area (Å²) in [6, 6.07) is 0. The molecule has 1 nitrogen and oxygen atoms in total. The molecule has 1 radical (unpaired) electrons. The first-order valence-electron chi connectivity index (χ1n) is 7.79. The van der Waals surface area contributed by atoms with Gasteiger partial charge in [-0.05, 0) is 43.4 Å². The fourth-order valence-corrected chi connectivity index (χ4v) is 4.06. The van der Waals surface area contributed by atoms with Crippen molar-refractivity contribution in [2.75, 3.05) is 6.61 Å². The van der Waals surface area contributed by atoms with Gasteiger partial charge in [0.2, 0.25) is 0 Å². The number of ether oxygens (including phenoxy) is 1. The number of hydrogen-bond donors (Lipinski definition) is 0. The average Bonchev–Trinajstić information content (AvgIpc) is 3.06. The molecule has 3 fully saturated rings. The van der Waals surface area contributed by atoms with Crippen LogP contribution in [0.2, 0.25) is 12.1 Å². The summed E-state index contributed by atoms with van der Waals surface area (Å²) in [5.41, 5.74) is 0. The van der Waals surface area contributed by atoms with Gasteiger partial charge in [0.25, 0.3) is 0 Å². The molecule has 3 aliphatic rings. The van der Waals surface area contributed by atoms with Crippen molar-refractivity contribution >= 4 is 7.28 Å². The van der Waals surface area contributed by atoms with Crippen LogP contribution in [0, 0.1) is 17.8 Å². The van der Waals surface area contributed by atoms with Crippen LogP contribution in [0.4, 0.5) is 0 Å². The van der Waals surface area contributed by atoms with Crippen molar-refractivity contribution in [3.8, 4) is 0 Å². The molecule has 1 aliphatic carbocycles. The van der Waals surface area contributed by atoms with E-state index in [2.05, 4.69) is 14.2 Å². The van der Waals surface area contributed by atoms with Crippen molar-refractivity contribution in [1.29, 1.82) is 0 Å². The summed E-state index contributed by atoms with van der Waals surface area (Å²) in [4.78, 5) is 0. The van der Waals surface area contributed by atoms with Crippen LogP contribution in [0.1, 0.15) is 51.9 Å². The molecule has 0 N–H and O–H groups in total. The van der Waals surface area contributed by atoms with Gasteiger partial charge in [0.1, 0.15) is 7.28 Å². The molecule has 2 aliphatic heterocycles. The molecule has 2 heterocycles. The minimum absolute atomic E-state index is 0.617. The molecule has 0 spiro atoms. The fourth-order valence-electron chi connectivity index (χ4n) is 4.06. The third kappa shape index (κ3) is 2.89. The Morgan fingerprint density at radius 1 is 1.06 bits per heavy atom. The maximum atomic E-state index is 5.94. The molecule has 0 bridgehead atoms. The lowest BCUT2D eigenvalue weighted by Crippen LogP contribution is -2.18. The van der Waals surface area contributed by atoms with Crippen LogP contribution in [0.25, 0.3) is 0 Å². The van der Waals surface area contributed by atoms with Crippen molar-refractivity contribution in [3.63, 3.8) is 0 Å². The Morgan fingerprint density at radius 3 is 2.71 bits per heavy atom. The summed E-state index contributed by atoms with van der Waals surface area (Å²) in [5.74, 6) is 3.77. The van der Waals surface area contributed by atoms with Crippen LogP contribution < -0.4 is 0 Å². The van der Waals surface area contributed by atoms with E-state index in [4.69, 9.17) is 4.74 Å². The normalized spacial score (nSPS) is 43.8. The first-order valence-corrected chi connectivity index (χ1v) is 7.79. The van der Waals surface area contributed by atoms with E-state index < -0.39 is 0 Å². The molecule has 95 valence electrons. The zero-order valence-corrected chi connectivity index (χ0v) is 11.2. The molecular weight excluding hydrogens is 207 g/mol. The third-order valence-electron chi connectivity index (χ3n) is 5.49. The highest BCUT2D eigenvalue weighted by atomic mass is 16.5. The minimum Gasteiger partial charge on any atom is -0.378 e. The van der Waals surface area contributed by atoms with Gasteiger partial charge in [-0.15, -0.1) is 0 Å². The van der Waals surface area contributed by atoms with Crippen molar-refractivity contribution in [2.24, 2.45) is 17.8 Å². The van der Waals surface area contributed by atoms with Gasteiger partial charge in [0.15, 0.2) is 0 Å². The molecule has 0 aromatic heterocycles. The van der Waals surface area contributed by atoms with Gasteiger partial charge in [0.05, 0.1) is 6.10 Å². The summed E-state index contributed by atoms with van der Waals surface area (Å²) >= 11 is 0. The van der Waals surface area contributed by atoms with E-state index in [1.165, 1.54) is 51.3 Å². The quantitative estimate of drug-likeness (QED) is 0.657. The Hall–Kier alpha value is 0.0249. The van der Waals surface area contributed by atoms with Crippen LogP contribution in [-0.2, 0) is 4.74 Å². The maximum absolute atomic E-state index is 5.94. The Bertz CT molecular complexity index is 251. The smallest absolute Gasteiger partial charge is 0.112 e. The van der Waals surface area contributed by atoms with Gasteiger partial charge in [-0.1, -0.05) is 38.3 Å². The first kappa shape index (κ1) is 12.1. The highest BCUT2D eigenvalue weighted by Gasteiger charge is 2.36. The summed E-state index contributed by atoms with van der Waals surface area (Å²) in [6.07, 6.45) is 11.9. The van der Waals surface area contributed by atoms with Gasteiger partial charge < -0.3 is 4.74 Å². The lowest BCUT2D eigenvalue weighted by Gasteiger charge is -2.25. The van der Waals surface area contributed by atoms with Crippen LogP contribution in [-0.4, -0.2) is 20.0 Å². The molecule has 2 saturated heterocycles. The highest BCUT2D eigenvalue weighted by molar-refractivity contribution is 6.50. The Labute approximate surface area is 107 Å². The lowest BCUT2D eigenvalue weighted by molar-refractivity contribution is 0.0751. The zero-order valence-electron chi connectivity index (χ0n) is 11.2. The van der Waals surface area contributed by atoms with Gasteiger partial charge in [-0.3, -0.25) is 0 Å². The molecule has 4 unspecified atom stereocenters. The van der Waals surface area contributed by atoms with Gasteiger partial charge in [0, 0.05) is 6.61 Å². The van der Waals surface area contributed by atoms with Gasteiger partial charge >= 0.3 is 0 Å². The van der Waals surface area contributed by atoms with Crippen molar-refractivity contribution in [2.45, 2.75) is 70.1 Å². The van der Waals surface area contributed by atoms with E-state index in [0.29, 0.717) is 6.10 Å². The largest absolute Gasteiger partial charge is 0.378 e. The standard InChI is InChI=1S/C15H26BO/c1-11(14-10-16-14)12-4-2-3-5-13-8-9-17-15(13)7-6-12/h11-15H,2-10H2,1H3/t11-,12?,13?,14?,15?/m0/s1. The number of hydrogen-bond acceptors (Lipinski definition) is 1. The number of rotatable bonds is 2. The van der Waals surface area contributed by atoms with Gasteiger partial charge in [-0.2, -0.15) is 0 Å². The van der Waals surface area contributed by atoms with Crippen LogP contribution in [0.5, 0.6) is 0 Å². The molecule has 5 atom stereocenters. The molecule has 0 amide bonds. The molecular formula is C15H26BO. The molecule has 17 heavy (non-hydrogen) atoms. The average molecular weight is 233 g/mol. The number of fused-ring (bicyclic) bond motifs is 1. The zero-order chi connectivity index (χ0) is 11.7. The molecule has 1 saturated carbocycles. The molecule has 2 heteroatoms. The highest BCUT2D eigenvalue weighted by Crippen LogP contribution is 2.44. The van der Waals surface area contributed by atoms with E-state index in [1.807, 2.05) is 0 Å². The first-order chi connectivity index (χ1) is 8.34. The predicted molar refractivity (Wildman–Crippen MR) is 72.5 cm³/mol. The van der Waals surface area contributed by atoms with Crippen molar-refractivity contribution in [1.82, 2.24) is 0 Å². The summed E-state index contributed by atoms with van der Waals surface area (Å²) < 4.78 is 5.94. The minimum atomic E-state index is 0.617. The van der Waals surface area contributed by atoms with Crippen LogP contribution in [0.3, 0.4) is 0 Å². The Balaban J connectivity index is 1.58. The SMILES string of the molecule is C[C@H](C1[B]C1)C1CCCCC2CCOC2CC1. The Kier molecular flexibility index (Phi) is 3.80. The molecule has 0 aromatic rings. The maximum Gasteiger partial charge on any atom is 0.112 e. The van der Waals surface area contributed by atoms with E-state index >= 15 is 0 Å². The van der Waals surface area contributed by atoms with Crippen LogP contribution >= 0.6 is 0 Å². The fraction of sp³-hybridized carbons (Fsp3) is 1.00. The van der Waals surface area contributed by atoms with E-state index in [0.717, 1.165) is 30.2 Å². The topological polar surface area (TPSA) is 9.23 Å². The summed E-state index contributed by atoms with van der Waals surface area (Å²) in [6.45, 7) is 3.52. The lowest BCUT2D eigenvalue weighted by atomic mass is 9.78. The molecule has 3 rings (SSSR count).